The number of nitrogens with zero attached hydrogens (tertiary/aromatic N) is 2. The van der Waals surface area contributed by atoms with Gasteiger partial charge in [0.2, 0.25) is 0 Å². The molecule has 0 saturated carbocycles. The Balaban J connectivity index is 1.42. The van der Waals surface area contributed by atoms with E-state index in [2.05, 4.69) is 21.4 Å². The van der Waals surface area contributed by atoms with Crippen molar-refractivity contribution in [3.8, 4) is 0 Å². The first kappa shape index (κ1) is 14.8. The van der Waals surface area contributed by atoms with Crippen LogP contribution in [0.4, 0.5) is 0 Å². The molecule has 1 N–H and O–H groups in total. The van der Waals surface area contributed by atoms with Gasteiger partial charge in [0.1, 0.15) is 5.82 Å². The van der Waals surface area contributed by atoms with Gasteiger partial charge < -0.3 is 4.98 Å². The summed E-state index contributed by atoms with van der Waals surface area (Å²) in [6.45, 7) is 0.354. The highest BCUT2D eigenvalue weighted by Gasteiger charge is 2.34. The molecular weight excluding hydrogens is 322 g/mol. The van der Waals surface area contributed by atoms with Crippen LogP contribution < -0.4 is 0 Å². The molecule has 2 aromatic heterocycles. The number of H-pyrrole nitrogens is 1. The fourth-order valence-electron chi connectivity index (χ4n) is 2.88. The first-order chi connectivity index (χ1) is 11.7. The number of carbonyl (C=O) groups is 2. The van der Waals surface area contributed by atoms with E-state index in [-0.39, 0.29) is 11.8 Å². The molecule has 0 saturated heterocycles. The van der Waals surface area contributed by atoms with Crippen molar-refractivity contribution in [2.45, 2.75) is 12.8 Å². The average molecular weight is 337 g/mol. The van der Waals surface area contributed by atoms with Gasteiger partial charge in [0.25, 0.3) is 11.8 Å². The van der Waals surface area contributed by atoms with Gasteiger partial charge in [-0.05, 0) is 34.5 Å². The number of thiophene rings is 1. The Hall–Kier alpha value is -2.73. The van der Waals surface area contributed by atoms with Crippen LogP contribution in [0.25, 0.3) is 0 Å². The smallest absolute Gasteiger partial charge is 0.261 e. The standard InChI is InChI=1S/C18H15N3O2S/c22-17-14-3-1-2-4-15(14)18(23)21(17)7-5-13-10-19-16(20-13)9-12-6-8-24-11-12/h1-4,6,8,10-11H,5,7,9H2,(H,19,20). The largest absolute Gasteiger partial charge is 0.346 e. The quantitative estimate of drug-likeness (QED) is 0.728. The van der Waals surface area contributed by atoms with Gasteiger partial charge in [-0.2, -0.15) is 11.3 Å². The Morgan fingerprint density at radius 2 is 1.83 bits per heavy atom. The summed E-state index contributed by atoms with van der Waals surface area (Å²) in [5, 5.41) is 4.14. The van der Waals surface area contributed by atoms with E-state index in [4.69, 9.17) is 0 Å². The van der Waals surface area contributed by atoms with Crippen molar-refractivity contribution >= 4 is 23.2 Å². The highest BCUT2D eigenvalue weighted by Crippen LogP contribution is 2.22. The Morgan fingerprint density at radius 1 is 1.08 bits per heavy atom. The number of rotatable bonds is 5. The molecule has 0 fully saturated rings. The number of benzene rings is 1. The topological polar surface area (TPSA) is 66.1 Å². The molecule has 0 unspecified atom stereocenters. The number of fused-ring (bicyclic) bond motifs is 1. The molecule has 1 aliphatic rings. The number of carbonyl (C=O) groups excluding carboxylic acids is 2. The first-order valence-electron chi connectivity index (χ1n) is 7.71. The van der Waals surface area contributed by atoms with E-state index in [0.29, 0.717) is 24.1 Å². The maximum Gasteiger partial charge on any atom is 0.261 e. The van der Waals surface area contributed by atoms with Crippen LogP contribution in [-0.2, 0) is 12.8 Å². The molecule has 0 aliphatic carbocycles. The summed E-state index contributed by atoms with van der Waals surface area (Å²) < 4.78 is 0. The first-order valence-corrected chi connectivity index (χ1v) is 8.66. The zero-order chi connectivity index (χ0) is 16.5. The summed E-state index contributed by atoms with van der Waals surface area (Å²) in [6, 6.07) is 9.03. The third-order valence-corrected chi connectivity index (χ3v) is 4.85. The molecular formula is C18H15N3O2S. The summed E-state index contributed by atoms with van der Waals surface area (Å²) in [5.41, 5.74) is 3.13. The molecule has 0 radical (unpaired) electrons. The minimum Gasteiger partial charge on any atom is -0.346 e. The lowest BCUT2D eigenvalue weighted by molar-refractivity contribution is 0.0656. The van der Waals surface area contributed by atoms with Gasteiger partial charge in [0.05, 0.1) is 11.1 Å². The molecule has 2 amide bonds. The summed E-state index contributed by atoms with van der Waals surface area (Å²) >= 11 is 1.66. The Morgan fingerprint density at radius 3 is 2.50 bits per heavy atom. The third-order valence-electron chi connectivity index (χ3n) is 4.12. The average Bonchev–Trinajstić information content (AvgIpc) is 3.31. The van der Waals surface area contributed by atoms with Crippen LogP contribution in [0.15, 0.2) is 47.3 Å². The van der Waals surface area contributed by atoms with Gasteiger partial charge >= 0.3 is 0 Å². The predicted molar refractivity (Wildman–Crippen MR) is 91.2 cm³/mol. The number of imidazole rings is 1. The van der Waals surface area contributed by atoms with Crippen molar-refractivity contribution in [2.24, 2.45) is 0 Å². The van der Waals surface area contributed by atoms with Crippen molar-refractivity contribution in [3.05, 3.63) is 75.5 Å². The summed E-state index contributed by atoms with van der Waals surface area (Å²) in [5.74, 6) is 0.466. The SMILES string of the molecule is O=C1c2ccccc2C(=O)N1CCc1cnc(Cc2ccsc2)[nH]1. The van der Waals surface area contributed by atoms with Gasteiger partial charge in [-0.15, -0.1) is 0 Å². The molecule has 5 nitrogen and oxygen atoms in total. The molecule has 1 aromatic carbocycles. The second kappa shape index (κ2) is 6.05. The van der Waals surface area contributed by atoms with E-state index in [1.54, 1.807) is 41.8 Å². The lowest BCUT2D eigenvalue weighted by Gasteiger charge is -2.12. The van der Waals surface area contributed by atoms with Crippen LogP contribution in [0.3, 0.4) is 0 Å². The van der Waals surface area contributed by atoms with Crippen molar-refractivity contribution in [2.75, 3.05) is 6.54 Å². The number of hydrogen-bond acceptors (Lipinski definition) is 4. The van der Waals surface area contributed by atoms with Crippen LogP contribution in [-0.4, -0.2) is 33.2 Å². The van der Waals surface area contributed by atoms with E-state index < -0.39 is 0 Å². The molecule has 120 valence electrons. The zero-order valence-electron chi connectivity index (χ0n) is 12.9. The molecule has 6 heteroatoms. The fourth-order valence-corrected chi connectivity index (χ4v) is 3.55. The van der Waals surface area contributed by atoms with Crippen molar-refractivity contribution in [1.29, 1.82) is 0 Å². The number of amides is 2. The van der Waals surface area contributed by atoms with E-state index in [1.165, 1.54) is 10.5 Å². The second-order valence-corrected chi connectivity index (χ2v) is 6.50. The number of hydrogen-bond donors (Lipinski definition) is 1. The molecule has 0 spiro atoms. The molecule has 0 bridgehead atoms. The van der Waals surface area contributed by atoms with E-state index >= 15 is 0 Å². The molecule has 3 aromatic rings. The van der Waals surface area contributed by atoms with Crippen LogP contribution in [0.2, 0.25) is 0 Å². The Labute approximate surface area is 143 Å². The summed E-state index contributed by atoms with van der Waals surface area (Å²) in [4.78, 5) is 33.6. The second-order valence-electron chi connectivity index (χ2n) is 5.72. The molecule has 4 rings (SSSR count). The van der Waals surface area contributed by atoms with Crippen LogP contribution in [0, 0.1) is 0 Å². The minimum absolute atomic E-state index is 0.214. The van der Waals surface area contributed by atoms with Crippen molar-refractivity contribution < 1.29 is 9.59 Å². The summed E-state index contributed by atoms with van der Waals surface area (Å²) in [7, 11) is 0. The molecule has 0 atom stereocenters. The monoisotopic (exact) mass is 337 g/mol. The normalized spacial score (nSPS) is 13.6. The van der Waals surface area contributed by atoms with Crippen LogP contribution >= 0.6 is 11.3 Å². The van der Waals surface area contributed by atoms with Gasteiger partial charge in [0, 0.05) is 31.3 Å². The summed E-state index contributed by atoms with van der Waals surface area (Å²) in [6.07, 6.45) is 3.11. The molecule has 3 heterocycles. The lowest BCUT2D eigenvalue weighted by Crippen LogP contribution is -2.31. The predicted octanol–water partition coefficient (Wildman–Crippen LogP) is 2.90. The van der Waals surface area contributed by atoms with Gasteiger partial charge in [-0.25, -0.2) is 4.98 Å². The number of aromatic amines is 1. The van der Waals surface area contributed by atoms with Crippen molar-refractivity contribution in [1.82, 2.24) is 14.9 Å². The van der Waals surface area contributed by atoms with E-state index in [9.17, 15) is 9.59 Å². The molecule has 1 aliphatic heterocycles. The zero-order valence-corrected chi connectivity index (χ0v) is 13.7. The number of imide groups is 1. The fraction of sp³-hybridized carbons (Fsp3) is 0.167. The molecule has 24 heavy (non-hydrogen) atoms. The third kappa shape index (κ3) is 2.65. The Kier molecular flexibility index (Phi) is 3.74. The number of nitrogens with one attached hydrogen (secondary N) is 1. The van der Waals surface area contributed by atoms with E-state index in [0.717, 1.165) is 17.9 Å². The van der Waals surface area contributed by atoms with Crippen LogP contribution in [0.1, 0.15) is 37.8 Å². The highest BCUT2D eigenvalue weighted by molar-refractivity contribution is 7.07. The van der Waals surface area contributed by atoms with Crippen LogP contribution in [0.5, 0.6) is 0 Å². The van der Waals surface area contributed by atoms with Gasteiger partial charge in [0.15, 0.2) is 0 Å². The van der Waals surface area contributed by atoms with Gasteiger partial charge in [-0.1, -0.05) is 12.1 Å². The van der Waals surface area contributed by atoms with Gasteiger partial charge in [-0.3, -0.25) is 14.5 Å². The van der Waals surface area contributed by atoms with E-state index in [1.807, 2.05) is 5.38 Å². The lowest BCUT2D eigenvalue weighted by atomic mass is 10.1. The maximum atomic E-state index is 12.3. The minimum atomic E-state index is -0.214. The maximum absolute atomic E-state index is 12.3. The Bertz CT molecular complexity index is 864. The van der Waals surface area contributed by atoms with Crippen molar-refractivity contribution in [3.63, 3.8) is 0 Å². The highest BCUT2D eigenvalue weighted by atomic mass is 32.1. The number of aromatic nitrogens is 2.